The van der Waals surface area contributed by atoms with Crippen molar-refractivity contribution in [2.24, 2.45) is 0 Å². The van der Waals surface area contributed by atoms with Crippen molar-refractivity contribution in [1.82, 2.24) is 20.0 Å². The van der Waals surface area contributed by atoms with Crippen molar-refractivity contribution in [3.63, 3.8) is 0 Å². The monoisotopic (exact) mass is 206 g/mol. The van der Waals surface area contributed by atoms with Gasteiger partial charge in [0.1, 0.15) is 5.52 Å². The second-order valence-electron chi connectivity index (χ2n) is 2.96. The second-order valence-corrected chi connectivity index (χ2v) is 2.96. The minimum atomic E-state index is -0.543. The molecule has 0 fully saturated rings. The largest absolute Gasteiger partial charge is 0.448 e. The summed E-state index contributed by atoms with van der Waals surface area (Å²) in [4.78, 5) is 15.5. The summed E-state index contributed by atoms with van der Waals surface area (Å²) in [7, 11) is 0. The molecule has 0 spiro atoms. The summed E-state index contributed by atoms with van der Waals surface area (Å²) in [6.07, 6.45) is 1.80. The van der Waals surface area contributed by atoms with Crippen LogP contribution in [0, 0.1) is 0 Å². The van der Waals surface area contributed by atoms with Crippen molar-refractivity contribution >= 4 is 17.3 Å². The average Bonchev–Trinajstić information content (AvgIpc) is 2.69. The number of hydrogen-bond acceptors (Lipinski definition) is 5. The number of fused-ring (bicyclic) bond motifs is 1. The maximum atomic E-state index is 11.5. The molecule has 0 saturated heterocycles. The van der Waals surface area contributed by atoms with Crippen LogP contribution in [0.4, 0.5) is 4.79 Å². The van der Waals surface area contributed by atoms with Gasteiger partial charge in [-0.05, 0) is 18.6 Å². The lowest BCUT2D eigenvalue weighted by Crippen LogP contribution is -2.16. The Morgan fingerprint density at radius 1 is 1.60 bits per heavy atom. The molecule has 0 aliphatic carbocycles. The maximum Gasteiger partial charge on any atom is 0.438 e. The smallest absolute Gasteiger partial charge is 0.438 e. The first-order chi connectivity index (χ1) is 7.33. The van der Waals surface area contributed by atoms with Crippen LogP contribution in [0.3, 0.4) is 0 Å². The van der Waals surface area contributed by atoms with Crippen LogP contribution in [0.5, 0.6) is 0 Å². The van der Waals surface area contributed by atoms with Crippen LogP contribution in [0.25, 0.3) is 11.2 Å². The summed E-state index contributed by atoms with van der Waals surface area (Å²) in [6.45, 7) is 2.29. The fourth-order valence-corrected chi connectivity index (χ4v) is 1.14. The molecule has 2 heterocycles. The highest BCUT2D eigenvalue weighted by molar-refractivity contribution is 5.81. The van der Waals surface area contributed by atoms with Crippen LogP contribution in [0.15, 0.2) is 18.3 Å². The molecule has 0 bridgehead atoms. The first kappa shape index (κ1) is 9.57. The molecule has 15 heavy (non-hydrogen) atoms. The van der Waals surface area contributed by atoms with Gasteiger partial charge in [0.25, 0.3) is 0 Å². The van der Waals surface area contributed by atoms with Crippen molar-refractivity contribution in [3.05, 3.63) is 18.3 Å². The highest BCUT2D eigenvalue weighted by Crippen LogP contribution is 2.06. The zero-order chi connectivity index (χ0) is 10.7. The Balaban J connectivity index is 2.31. The fraction of sp³-hybridized carbons (Fsp3) is 0.333. The normalized spacial score (nSPS) is 10.5. The van der Waals surface area contributed by atoms with Crippen LogP contribution in [0.2, 0.25) is 0 Å². The second kappa shape index (κ2) is 4.04. The molecule has 6 nitrogen and oxygen atoms in total. The lowest BCUT2D eigenvalue weighted by atomic mass is 10.4. The summed E-state index contributed by atoms with van der Waals surface area (Å²) in [6, 6.07) is 3.47. The van der Waals surface area contributed by atoms with E-state index in [1.54, 1.807) is 18.3 Å². The maximum absolute atomic E-state index is 11.5. The first-order valence-corrected chi connectivity index (χ1v) is 4.66. The van der Waals surface area contributed by atoms with Crippen molar-refractivity contribution in [2.75, 3.05) is 6.61 Å². The quantitative estimate of drug-likeness (QED) is 0.738. The Hall–Kier alpha value is -1.98. The van der Waals surface area contributed by atoms with Crippen molar-refractivity contribution < 1.29 is 9.53 Å². The molecule has 0 unspecified atom stereocenters. The van der Waals surface area contributed by atoms with Gasteiger partial charge in [0, 0.05) is 6.20 Å². The Kier molecular flexibility index (Phi) is 2.57. The molecular formula is C9H10N4O2. The molecule has 0 atom stereocenters. The van der Waals surface area contributed by atoms with E-state index in [0.29, 0.717) is 17.8 Å². The van der Waals surface area contributed by atoms with E-state index < -0.39 is 6.09 Å². The van der Waals surface area contributed by atoms with E-state index in [4.69, 9.17) is 4.74 Å². The van der Waals surface area contributed by atoms with E-state index in [9.17, 15) is 4.79 Å². The van der Waals surface area contributed by atoms with Gasteiger partial charge in [-0.2, -0.15) is 0 Å². The summed E-state index contributed by atoms with van der Waals surface area (Å²) >= 11 is 0. The zero-order valence-electron chi connectivity index (χ0n) is 8.25. The summed E-state index contributed by atoms with van der Waals surface area (Å²) in [5.74, 6) is 0. The van der Waals surface area contributed by atoms with Crippen molar-refractivity contribution in [1.29, 1.82) is 0 Å². The number of nitrogens with zero attached hydrogens (tertiary/aromatic N) is 4. The predicted octanol–water partition coefficient (Wildman–Crippen LogP) is 1.22. The van der Waals surface area contributed by atoms with E-state index in [1.807, 2.05) is 6.92 Å². The predicted molar refractivity (Wildman–Crippen MR) is 52.4 cm³/mol. The molecule has 0 amide bonds. The topological polar surface area (TPSA) is 69.9 Å². The van der Waals surface area contributed by atoms with E-state index in [1.165, 1.54) is 0 Å². The third-order valence-corrected chi connectivity index (χ3v) is 1.81. The van der Waals surface area contributed by atoms with Crippen LogP contribution in [-0.2, 0) is 4.74 Å². The lowest BCUT2D eigenvalue weighted by Gasteiger charge is -2.01. The van der Waals surface area contributed by atoms with Gasteiger partial charge in [0.05, 0.1) is 6.61 Å². The Morgan fingerprint density at radius 3 is 3.27 bits per heavy atom. The SMILES string of the molecule is CCCOC(=O)n1nnc2cccnc21. The third-order valence-electron chi connectivity index (χ3n) is 1.81. The Morgan fingerprint density at radius 2 is 2.47 bits per heavy atom. The number of carbonyl (C=O) groups is 1. The Bertz CT molecular complexity index is 480. The summed E-state index contributed by atoms with van der Waals surface area (Å²) in [5, 5.41) is 7.48. The van der Waals surface area contributed by atoms with Gasteiger partial charge in [-0.3, -0.25) is 0 Å². The summed E-state index contributed by atoms with van der Waals surface area (Å²) in [5.41, 5.74) is 0.990. The number of aromatic nitrogens is 4. The van der Waals surface area contributed by atoms with Gasteiger partial charge in [0.2, 0.25) is 0 Å². The lowest BCUT2D eigenvalue weighted by molar-refractivity contribution is 0.145. The van der Waals surface area contributed by atoms with Crippen LogP contribution in [-0.4, -0.2) is 32.7 Å². The standard InChI is InChI=1S/C9H10N4O2/c1-2-6-15-9(14)13-8-7(11-12-13)4-3-5-10-8/h3-5H,2,6H2,1H3. The molecule has 6 heteroatoms. The highest BCUT2D eigenvalue weighted by Gasteiger charge is 2.12. The van der Waals surface area contributed by atoms with E-state index >= 15 is 0 Å². The van der Waals surface area contributed by atoms with Gasteiger partial charge in [-0.1, -0.05) is 12.1 Å². The molecule has 2 rings (SSSR count). The van der Waals surface area contributed by atoms with E-state index in [2.05, 4.69) is 15.3 Å². The molecule has 0 aromatic carbocycles. The fourth-order valence-electron chi connectivity index (χ4n) is 1.14. The molecule has 78 valence electrons. The van der Waals surface area contributed by atoms with Gasteiger partial charge in [-0.15, -0.1) is 9.78 Å². The molecular weight excluding hydrogens is 196 g/mol. The number of rotatable bonds is 2. The van der Waals surface area contributed by atoms with E-state index in [-0.39, 0.29) is 0 Å². The molecule has 2 aromatic heterocycles. The minimum absolute atomic E-state index is 0.368. The molecule has 0 aliphatic heterocycles. The zero-order valence-corrected chi connectivity index (χ0v) is 8.25. The summed E-state index contributed by atoms with van der Waals surface area (Å²) < 4.78 is 5.99. The van der Waals surface area contributed by atoms with Crippen molar-refractivity contribution in [3.8, 4) is 0 Å². The van der Waals surface area contributed by atoms with E-state index in [0.717, 1.165) is 11.1 Å². The van der Waals surface area contributed by atoms with Crippen LogP contribution >= 0.6 is 0 Å². The molecule has 0 radical (unpaired) electrons. The molecule has 0 aliphatic rings. The molecule has 2 aromatic rings. The van der Waals surface area contributed by atoms with Gasteiger partial charge >= 0.3 is 6.09 Å². The molecule has 0 N–H and O–H groups in total. The number of pyridine rings is 1. The molecule has 0 saturated carbocycles. The van der Waals surface area contributed by atoms with Crippen molar-refractivity contribution in [2.45, 2.75) is 13.3 Å². The first-order valence-electron chi connectivity index (χ1n) is 4.66. The number of carbonyl (C=O) groups excluding carboxylic acids is 1. The number of ether oxygens (including phenoxy) is 1. The Labute approximate surface area is 85.9 Å². The minimum Gasteiger partial charge on any atom is -0.448 e. The van der Waals surface area contributed by atoms with Crippen LogP contribution in [0.1, 0.15) is 13.3 Å². The highest BCUT2D eigenvalue weighted by atomic mass is 16.6. The third kappa shape index (κ3) is 1.78. The van der Waals surface area contributed by atoms with Gasteiger partial charge < -0.3 is 4.74 Å². The number of hydrogen-bond donors (Lipinski definition) is 0. The average molecular weight is 206 g/mol. The van der Waals surface area contributed by atoms with Gasteiger partial charge in [-0.25, -0.2) is 9.78 Å². The van der Waals surface area contributed by atoms with Crippen LogP contribution < -0.4 is 0 Å². The van der Waals surface area contributed by atoms with Gasteiger partial charge in [0.15, 0.2) is 5.65 Å².